The van der Waals surface area contributed by atoms with Crippen LogP contribution >= 0.6 is 0 Å². The van der Waals surface area contributed by atoms with Gasteiger partial charge in [-0.15, -0.1) is 0 Å². The van der Waals surface area contributed by atoms with E-state index < -0.39 is 0 Å². The van der Waals surface area contributed by atoms with E-state index in [0.717, 1.165) is 5.92 Å². The van der Waals surface area contributed by atoms with Crippen molar-refractivity contribution in [2.24, 2.45) is 41.4 Å². The first-order valence-electron chi connectivity index (χ1n) is 7.38. The van der Waals surface area contributed by atoms with Crippen LogP contribution in [0.1, 0.15) is 51.9 Å². The highest BCUT2D eigenvalue weighted by Gasteiger charge is 2.57. The first kappa shape index (κ1) is 9.07. The summed E-state index contributed by atoms with van der Waals surface area (Å²) < 4.78 is 0. The van der Waals surface area contributed by atoms with Crippen molar-refractivity contribution < 1.29 is 0 Å². The lowest BCUT2D eigenvalue weighted by atomic mass is 9.51. The molecule has 4 fully saturated rings. The second kappa shape index (κ2) is 3.02. The smallest absolute Gasteiger partial charge is 0.0324 e. The fourth-order valence-corrected chi connectivity index (χ4v) is 6.13. The van der Waals surface area contributed by atoms with Gasteiger partial charge in [0.1, 0.15) is 0 Å². The molecular weight excluding hydrogens is 180 g/mol. The van der Waals surface area contributed by atoms with Crippen LogP contribution in [0.15, 0.2) is 0 Å². The van der Waals surface area contributed by atoms with Crippen LogP contribution < -0.4 is 0 Å². The van der Waals surface area contributed by atoms with Crippen LogP contribution in [-0.2, 0) is 0 Å². The number of hydrogen-bond acceptors (Lipinski definition) is 0. The Morgan fingerprint density at radius 1 is 0.800 bits per heavy atom. The maximum Gasteiger partial charge on any atom is -0.0324 e. The van der Waals surface area contributed by atoms with Crippen molar-refractivity contribution in [3.8, 4) is 0 Å². The predicted octanol–water partition coefficient (Wildman–Crippen LogP) is 4.10. The summed E-state index contributed by atoms with van der Waals surface area (Å²) in [5.74, 6) is 8.23. The van der Waals surface area contributed by atoms with Crippen LogP contribution in [0, 0.1) is 41.4 Å². The van der Waals surface area contributed by atoms with Crippen molar-refractivity contribution in [1.82, 2.24) is 0 Å². The molecule has 84 valence electrons. The predicted molar refractivity (Wildman–Crippen MR) is 62.4 cm³/mol. The van der Waals surface area contributed by atoms with E-state index in [4.69, 9.17) is 0 Å². The minimum absolute atomic E-state index is 1.15. The zero-order valence-corrected chi connectivity index (χ0v) is 9.99. The Hall–Kier alpha value is 0. The normalized spacial score (nSPS) is 61.0. The number of hydrogen-bond donors (Lipinski definition) is 0. The van der Waals surface area contributed by atoms with Crippen molar-refractivity contribution in [2.45, 2.75) is 51.9 Å². The average molecular weight is 204 g/mol. The highest BCUT2D eigenvalue weighted by Crippen LogP contribution is 2.65. The van der Waals surface area contributed by atoms with Crippen LogP contribution in [0.3, 0.4) is 0 Å². The van der Waals surface area contributed by atoms with E-state index in [1.807, 2.05) is 0 Å². The summed E-state index contributed by atoms with van der Waals surface area (Å²) in [4.78, 5) is 0. The zero-order chi connectivity index (χ0) is 9.99. The summed E-state index contributed by atoms with van der Waals surface area (Å²) in [6.45, 7) is 2.47. The largest absolute Gasteiger partial charge is 0.0651 e. The van der Waals surface area contributed by atoms with Crippen molar-refractivity contribution >= 4 is 0 Å². The van der Waals surface area contributed by atoms with E-state index in [1.165, 1.54) is 41.9 Å². The second-order valence-electron chi connectivity index (χ2n) is 6.88. The zero-order valence-electron chi connectivity index (χ0n) is 9.99. The van der Waals surface area contributed by atoms with Crippen LogP contribution in [0.4, 0.5) is 0 Å². The van der Waals surface area contributed by atoms with Gasteiger partial charge in [0.15, 0.2) is 0 Å². The Kier molecular flexibility index (Phi) is 1.83. The number of fused-ring (bicyclic) bond motifs is 6. The third-order valence-electron chi connectivity index (χ3n) is 6.72. The Morgan fingerprint density at radius 2 is 1.53 bits per heavy atom. The van der Waals surface area contributed by atoms with Gasteiger partial charge in [-0.1, -0.05) is 13.3 Å². The van der Waals surface area contributed by atoms with Crippen LogP contribution in [-0.4, -0.2) is 0 Å². The van der Waals surface area contributed by atoms with E-state index in [9.17, 15) is 0 Å². The summed E-state index contributed by atoms with van der Waals surface area (Å²) in [5.41, 5.74) is 0. The molecule has 0 N–H and O–H groups in total. The standard InChI is InChI=1S/C15H24/c1-2-12-13-6-5-10(13)8-14-9-3-4-11(7-9)15(12)14/h9-15H,2-8H2,1H3. The molecule has 0 nitrogen and oxygen atoms in total. The van der Waals surface area contributed by atoms with Gasteiger partial charge in [0.2, 0.25) is 0 Å². The minimum Gasteiger partial charge on any atom is -0.0651 e. The maximum absolute atomic E-state index is 2.47. The van der Waals surface area contributed by atoms with Crippen LogP contribution in [0.5, 0.6) is 0 Å². The molecule has 2 bridgehead atoms. The summed E-state index contributed by atoms with van der Waals surface area (Å²) in [6.07, 6.45) is 11.1. The van der Waals surface area contributed by atoms with Gasteiger partial charge < -0.3 is 0 Å². The first-order chi connectivity index (χ1) is 7.38. The fraction of sp³-hybridized carbons (Fsp3) is 1.00. The summed E-state index contributed by atoms with van der Waals surface area (Å²) in [7, 11) is 0. The van der Waals surface area contributed by atoms with Crippen LogP contribution in [0.25, 0.3) is 0 Å². The average Bonchev–Trinajstić information content (AvgIpc) is 2.79. The highest BCUT2D eigenvalue weighted by molar-refractivity contribution is 5.06. The third-order valence-corrected chi connectivity index (χ3v) is 6.72. The molecule has 0 aromatic heterocycles. The lowest BCUT2D eigenvalue weighted by Gasteiger charge is -2.54. The van der Waals surface area contributed by atoms with Crippen molar-refractivity contribution in [3.63, 3.8) is 0 Å². The molecular formula is C15H24. The summed E-state index contributed by atoms with van der Waals surface area (Å²) >= 11 is 0. The quantitative estimate of drug-likeness (QED) is 0.603. The van der Waals surface area contributed by atoms with Gasteiger partial charge in [-0.05, 0) is 80.0 Å². The van der Waals surface area contributed by atoms with Gasteiger partial charge in [0.25, 0.3) is 0 Å². The molecule has 4 aliphatic carbocycles. The van der Waals surface area contributed by atoms with Crippen LogP contribution in [0.2, 0.25) is 0 Å². The van der Waals surface area contributed by atoms with E-state index in [0.29, 0.717) is 0 Å². The molecule has 0 aromatic rings. The van der Waals surface area contributed by atoms with Gasteiger partial charge in [-0.25, -0.2) is 0 Å². The third kappa shape index (κ3) is 1.04. The van der Waals surface area contributed by atoms with E-state index in [-0.39, 0.29) is 0 Å². The van der Waals surface area contributed by atoms with Crippen molar-refractivity contribution in [3.05, 3.63) is 0 Å². The molecule has 4 aliphatic rings. The molecule has 0 heterocycles. The number of rotatable bonds is 1. The molecule has 0 saturated heterocycles. The lowest BCUT2D eigenvalue weighted by Crippen LogP contribution is -2.47. The van der Waals surface area contributed by atoms with Gasteiger partial charge in [-0.3, -0.25) is 0 Å². The molecule has 4 saturated carbocycles. The summed E-state index contributed by atoms with van der Waals surface area (Å²) in [6, 6.07) is 0. The molecule has 15 heavy (non-hydrogen) atoms. The Labute approximate surface area is 93.8 Å². The molecule has 4 rings (SSSR count). The molecule has 0 spiro atoms. The summed E-state index contributed by atoms with van der Waals surface area (Å²) in [5, 5.41) is 0. The molecule has 0 aromatic carbocycles. The SMILES string of the molecule is CCC1C2CCC2CC2C3CCC(C3)C21. The Bertz CT molecular complexity index is 269. The Morgan fingerprint density at radius 3 is 2.27 bits per heavy atom. The Balaban J connectivity index is 1.66. The molecule has 7 atom stereocenters. The molecule has 0 aliphatic heterocycles. The van der Waals surface area contributed by atoms with E-state index in [1.54, 1.807) is 38.5 Å². The molecule has 7 unspecified atom stereocenters. The van der Waals surface area contributed by atoms with Gasteiger partial charge in [0, 0.05) is 0 Å². The monoisotopic (exact) mass is 204 g/mol. The van der Waals surface area contributed by atoms with Crippen molar-refractivity contribution in [1.29, 1.82) is 0 Å². The van der Waals surface area contributed by atoms with Crippen molar-refractivity contribution in [2.75, 3.05) is 0 Å². The van der Waals surface area contributed by atoms with E-state index >= 15 is 0 Å². The van der Waals surface area contributed by atoms with Gasteiger partial charge in [0.05, 0.1) is 0 Å². The van der Waals surface area contributed by atoms with Gasteiger partial charge in [-0.2, -0.15) is 0 Å². The minimum atomic E-state index is 1.15. The van der Waals surface area contributed by atoms with Gasteiger partial charge >= 0.3 is 0 Å². The second-order valence-corrected chi connectivity index (χ2v) is 6.88. The lowest BCUT2D eigenvalue weighted by molar-refractivity contribution is -0.0514. The highest BCUT2D eigenvalue weighted by atomic mass is 14.6. The van der Waals surface area contributed by atoms with E-state index in [2.05, 4.69) is 6.92 Å². The molecule has 0 radical (unpaired) electrons. The topological polar surface area (TPSA) is 0 Å². The molecule has 0 heteroatoms. The maximum atomic E-state index is 2.47. The first-order valence-corrected chi connectivity index (χ1v) is 7.38. The molecule has 0 amide bonds. The fourth-order valence-electron chi connectivity index (χ4n) is 6.13.